The summed E-state index contributed by atoms with van der Waals surface area (Å²) in [5.74, 6) is 3.15. The number of carbonyl (C=O) groups is 1. The van der Waals surface area contributed by atoms with Crippen LogP contribution in [0.25, 0.3) is 0 Å². The molecule has 1 N–H and O–H groups in total. The summed E-state index contributed by atoms with van der Waals surface area (Å²) in [6, 6.07) is 0. The van der Waals surface area contributed by atoms with Crippen LogP contribution in [-0.2, 0) is 4.79 Å². The molecular weight excluding hydrogens is 326 g/mol. The molecule has 3 aliphatic carbocycles. The smallest absolute Gasteiger partial charge is 0.223 e. The van der Waals surface area contributed by atoms with Crippen LogP contribution >= 0.6 is 15.9 Å². The maximum absolute atomic E-state index is 12.5. The van der Waals surface area contributed by atoms with Gasteiger partial charge in [0.2, 0.25) is 5.91 Å². The Labute approximate surface area is 138 Å². The number of fused-ring (bicyclic) bond motifs is 1. The monoisotopic (exact) mass is 355 g/mol. The highest BCUT2D eigenvalue weighted by molar-refractivity contribution is 9.09. The summed E-state index contributed by atoms with van der Waals surface area (Å²) in [7, 11) is 0. The molecule has 3 rings (SSSR count). The molecular formula is C18H30BrNO. The Bertz CT molecular complexity index is 359. The number of amides is 1. The van der Waals surface area contributed by atoms with Crippen LogP contribution in [0, 0.1) is 23.7 Å². The number of nitrogens with one attached hydrogen (secondary N) is 1. The van der Waals surface area contributed by atoms with Gasteiger partial charge in [-0.3, -0.25) is 4.79 Å². The van der Waals surface area contributed by atoms with Crippen molar-refractivity contribution < 1.29 is 4.79 Å². The van der Waals surface area contributed by atoms with Gasteiger partial charge in [-0.05, 0) is 56.3 Å². The van der Waals surface area contributed by atoms with Crippen molar-refractivity contribution in [2.45, 2.75) is 75.5 Å². The first kappa shape index (κ1) is 15.8. The van der Waals surface area contributed by atoms with Crippen LogP contribution in [0.4, 0.5) is 0 Å². The molecule has 3 heteroatoms. The highest BCUT2D eigenvalue weighted by Crippen LogP contribution is 2.42. The molecule has 3 saturated carbocycles. The maximum atomic E-state index is 12.5. The van der Waals surface area contributed by atoms with E-state index in [2.05, 4.69) is 21.2 Å². The molecule has 0 heterocycles. The van der Waals surface area contributed by atoms with E-state index in [0.29, 0.717) is 22.6 Å². The number of carbonyl (C=O) groups excluding carboxylic acids is 1. The van der Waals surface area contributed by atoms with Crippen molar-refractivity contribution in [1.82, 2.24) is 5.32 Å². The van der Waals surface area contributed by atoms with Gasteiger partial charge in [0.15, 0.2) is 0 Å². The standard InChI is InChI=1S/C18H30BrNO/c19-17-7-3-4-13(10-17)12-20-18(21)16-9-8-14-5-1-2-6-15(14)11-16/h13-17H,1-12H2,(H,20,21). The van der Waals surface area contributed by atoms with Gasteiger partial charge in [-0.25, -0.2) is 0 Å². The lowest BCUT2D eigenvalue weighted by Gasteiger charge is -2.39. The van der Waals surface area contributed by atoms with E-state index in [9.17, 15) is 4.79 Å². The van der Waals surface area contributed by atoms with E-state index in [0.717, 1.165) is 24.8 Å². The summed E-state index contributed by atoms with van der Waals surface area (Å²) in [6.07, 6.45) is 14.4. The first-order valence-corrected chi connectivity index (χ1v) is 10.1. The first-order chi connectivity index (χ1) is 10.2. The number of rotatable bonds is 3. The maximum Gasteiger partial charge on any atom is 0.223 e. The minimum atomic E-state index is 0.313. The van der Waals surface area contributed by atoms with E-state index in [1.165, 1.54) is 64.2 Å². The second-order valence-corrected chi connectivity index (χ2v) is 8.98. The van der Waals surface area contributed by atoms with Crippen LogP contribution < -0.4 is 5.32 Å². The van der Waals surface area contributed by atoms with Crippen molar-refractivity contribution in [3.63, 3.8) is 0 Å². The first-order valence-electron chi connectivity index (χ1n) is 9.14. The van der Waals surface area contributed by atoms with Gasteiger partial charge < -0.3 is 5.32 Å². The zero-order valence-electron chi connectivity index (χ0n) is 13.2. The molecule has 0 aromatic rings. The van der Waals surface area contributed by atoms with Crippen molar-refractivity contribution in [2.75, 3.05) is 6.54 Å². The summed E-state index contributed by atoms with van der Waals surface area (Å²) in [5, 5.41) is 3.28. The summed E-state index contributed by atoms with van der Waals surface area (Å²) in [5.41, 5.74) is 0. The molecule has 5 atom stereocenters. The topological polar surface area (TPSA) is 29.1 Å². The van der Waals surface area contributed by atoms with Crippen LogP contribution in [0.3, 0.4) is 0 Å². The fraction of sp³-hybridized carbons (Fsp3) is 0.944. The third kappa shape index (κ3) is 4.24. The Morgan fingerprint density at radius 2 is 1.71 bits per heavy atom. The predicted molar refractivity (Wildman–Crippen MR) is 90.5 cm³/mol. The van der Waals surface area contributed by atoms with Gasteiger partial charge in [-0.2, -0.15) is 0 Å². The molecule has 3 fully saturated rings. The van der Waals surface area contributed by atoms with Crippen molar-refractivity contribution in [3.05, 3.63) is 0 Å². The van der Waals surface area contributed by atoms with Gasteiger partial charge in [0.05, 0.1) is 0 Å². The van der Waals surface area contributed by atoms with Crippen LogP contribution in [-0.4, -0.2) is 17.3 Å². The van der Waals surface area contributed by atoms with Crippen LogP contribution in [0.15, 0.2) is 0 Å². The van der Waals surface area contributed by atoms with Gasteiger partial charge in [-0.15, -0.1) is 0 Å². The molecule has 120 valence electrons. The van der Waals surface area contributed by atoms with Gasteiger partial charge in [0.1, 0.15) is 0 Å². The number of hydrogen-bond acceptors (Lipinski definition) is 1. The Balaban J connectivity index is 1.43. The molecule has 2 nitrogen and oxygen atoms in total. The van der Waals surface area contributed by atoms with Crippen LogP contribution in [0.2, 0.25) is 0 Å². The lowest BCUT2D eigenvalue weighted by molar-refractivity contribution is -0.127. The predicted octanol–water partition coefficient (Wildman–Crippen LogP) is 4.66. The fourth-order valence-corrected chi connectivity index (χ4v) is 5.76. The minimum absolute atomic E-state index is 0.313. The quantitative estimate of drug-likeness (QED) is 0.732. The van der Waals surface area contributed by atoms with Crippen molar-refractivity contribution in [3.8, 4) is 0 Å². The molecule has 0 spiro atoms. The summed E-state index contributed by atoms with van der Waals surface area (Å²) in [4.78, 5) is 13.1. The minimum Gasteiger partial charge on any atom is -0.356 e. The van der Waals surface area contributed by atoms with Crippen molar-refractivity contribution in [2.24, 2.45) is 23.7 Å². The summed E-state index contributed by atoms with van der Waals surface area (Å²) < 4.78 is 0. The Kier molecular flexibility index (Phi) is 5.64. The zero-order valence-corrected chi connectivity index (χ0v) is 14.7. The highest BCUT2D eigenvalue weighted by atomic mass is 79.9. The number of alkyl halides is 1. The molecule has 0 saturated heterocycles. The van der Waals surface area contributed by atoms with E-state index in [1.807, 2.05) is 0 Å². The van der Waals surface area contributed by atoms with E-state index in [4.69, 9.17) is 0 Å². The normalized spacial score (nSPS) is 40.3. The van der Waals surface area contributed by atoms with E-state index < -0.39 is 0 Å². The van der Waals surface area contributed by atoms with Gasteiger partial charge >= 0.3 is 0 Å². The zero-order chi connectivity index (χ0) is 14.7. The number of hydrogen-bond donors (Lipinski definition) is 1. The molecule has 21 heavy (non-hydrogen) atoms. The van der Waals surface area contributed by atoms with Crippen molar-refractivity contribution >= 4 is 21.8 Å². The third-order valence-electron chi connectivity index (χ3n) is 6.19. The molecule has 0 aromatic heterocycles. The average molecular weight is 356 g/mol. The lowest BCUT2D eigenvalue weighted by atomic mass is 9.67. The SMILES string of the molecule is O=C(NCC1CCCC(Br)C1)C1CCC2CCCCC2C1. The summed E-state index contributed by atoms with van der Waals surface area (Å²) >= 11 is 3.74. The van der Waals surface area contributed by atoms with Gasteiger partial charge in [0.25, 0.3) is 0 Å². The van der Waals surface area contributed by atoms with Crippen molar-refractivity contribution in [1.29, 1.82) is 0 Å². The van der Waals surface area contributed by atoms with Crippen LogP contribution in [0.5, 0.6) is 0 Å². The second-order valence-electron chi connectivity index (χ2n) is 7.69. The molecule has 5 unspecified atom stereocenters. The molecule has 3 aliphatic rings. The van der Waals surface area contributed by atoms with E-state index in [1.54, 1.807) is 0 Å². The van der Waals surface area contributed by atoms with E-state index >= 15 is 0 Å². The highest BCUT2D eigenvalue weighted by Gasteiger charge is 2.35. The molecule has 0 aromatic carbocycles. The Morgan fingerprint density at radius 3 is 2.52 bits per heavy atom. The Morgan fingerprint density at radius 1 is 0.905 bits per heavy atom. The molecule has 1 amide bonds. The lowest BCUT2D eigenvalue weighted by Crippen LogP contribution is -2.39. The second kappa shape index (κ2) is 7.48. The fourth-order valence-electron chi connectivity index (χ4n) is 4.91. The third-order valence-corrected chi connectivity index (χ3v) is 7.03. The Hall–Kier alpha value is -0.0500. The van der Waals surface area contributed by atoms with Crippen LogP contribution in [0.1, 0.15) is 70.6 Å². The molecule has 0 bridgehead atoms. The van der Waals surface area contributed by atoms with E-state index in [-0.39, 0.29) is 0 Å². The largest absolute Gasteiger partial charge is 0.356 e. The van der Waals surface area contributed by atoms with Gasteiger partial charge in [-0.1, -0.05) is 48.0 Å². The number of halogens is 1. The molecule has 0 radical (unpaired) electrons. The average Bonchev–Trinajstić information content (AvgIpc) is 2.52. The summed E-state index contributed by atoms with van der Waals surface area (Å²) in [6.45, 7) is 0.908. The molecule has 0 aliphatic heterocycles. The van der Waals surface area contributed by atoms with Gasteiger partial charge in [0, 0.05) is 17.3 Å².